The molecule has 2 nitrogen and oxygen atoms in total. The zero-order valence-electron chi connectivity index (χ0n) is 6.01. The van der Waals surface area contributed by atoms with Gasteiger partial charge in [-0.15, -0.1) is 19.0 Å². The molecule has 1 atom stereocenters. The predicted molar refractivity (Wildman–Crippen MR) is 44.7 cm³/mol. The van der Waals surface area contributed by atoms with E-state index >= 15 is 0 Å². The first-order valence-corrected chi connectivity index (χ1v) is 3.37. The van der Waals surface area contributed by atoms with Crippen LogP contribution >= 0.6 is 12.4 Å². The van der Waals surface area contributed by atoms with E-state index in [1.54, 1.807) is 0 Å². The molecular formula is C7H14ClNO. The van der Waals surface area contributed by atoms with Gasteiger partial charge in [0, 0.05) is 12.6 Å². The minimum Gasteiger partial charge on any atom is -0.379 e. The van der Waals surface area contributed by atoms with E-state index in [9.17, 15) is 0 Å². The van der Waals surface area contributed by atoms with Crippen LogP contribution in [0.25, 0.3) is 0 Å². The monoisotopic (exact) mass is 163 g/mol. The summed E-state index contributed by atoms with van der Waals surface area (Å²) in [5.74, 6) is 0. The third-order valence-corrected chi connectivity index (χ3v) is 1.45. The van der Waals surface area contributed by atoms with Gasteiger partial charge in [-0.1, -0.05) is 6.08 Å². The first-order valence-electron chi connectivity index (χ1n) is 3.37. The van der Waals surface area contributed by atoms with Crippen molar-refractivity contribution in [3.05, 3.63) is 12.7 Å². The summed E-state index contributed by atoms with van der Waals surface area (Å²) in [7, 11) is 0. The zero-order chi connectivity index (χ0) is 6.53. The molecule has 0 aromatic heterocycles. The Labute approximate surface area is 68.0 Å². The van der Waals surface area contributed by atoms with Crippen molar-refractivity contribution in [1.82, 2.24) is 5.32 Å². The fourth-order valence-corrected chi connectivity index (χ4v) is 0.882. The van der Waals surface area contributed by atoms with Crippen molar-refractivity contribution in [1.29, 1.82) is 0 Å². The molecule has 0 bridgehead atoms. The number of hydrogen-bond acceptors (Lipinski definition) is 2. The van der Waals surface area contributed by atoms with Crippen molar-refractivity contribution in [2.45, 2.75) is 12.5 Å². The number of rotatable bonds is 1. The Bertz CT molecular complexity index is 89.6. The molecular weight excluding hydrogens is 150 g/mol. The molecule has 1 N–H and O–H groups in total. The van der Waals surface area contributed by atoms with Gasteiger partial charge in [0.05, 0.1) is 6.61 Å². The summed E-state index contributed by atoms with van der Waals surface area (Å²) in [5, 5.41) is 3.29. The molecule has 3 heteroatoms. The average Bonchev–Trinajstić information content (AvgIpc) is 2.13. The maximum atomic E-state index is 5.26. The Morgan fingerprint density at radius 1 is 1.60 bits per heavy atom. The van der Waals surface area contributed by atoms with Crippen LogP contribution in [0.15, 0.2) is 12.7 Å². The third kappa shape index (κ3) is 3.20. The highest BCUT2D eigenvalue weighted by molar-refractivity contribution is 5.85. The summed E-state index contributed by atoms with van der Waals surface area (Å²) in [6, 6.07) is 0.368. The normalized spacial score (nSPS) is 26.2. The van der Waals surface area contributed by atoms with Crippen molar-refractivity contribution in [3.63, 3.8) is 0 Å². The topological polar surface area (TPSA) is 21.3 Å². The lowest BCUT2D eigenvalue weighted by molar-refractivity contribution is 0.140. The van der Waals surface area contributed by atoms with E-state index in [4.69, 9.17) is 4.74 Å². The van der Waals surface area contributed by atoms with Crippen LogP contribution in [-0.4, -0.2) is 25.8 Å². The maximum absolute atomic E-state index is 5.26. The molecule has 0 saturated carbocycles. The lowest BCUT2D eigenvalue weighted by Crippen LogP contribution is -2.29. The molecule has 1 rings (SSSR count). The van der Waals surface area contributed by atoms with Gasteiger partial charge in [0.25, 0.3) is 0 Å². The fraction of sp³-hybridized carbons (Fsp3) is 0.714. The quantitative estimate of drug-likeness (QED) is 0.582. The van der Waals surface area contributed by atoms with E-state index in [0.29, 0.717) is 6.04 Å². The molecule has 0 aromatic carbocycles. The van der Waals surface area contributed by atoms with Gasteiger partial charge in [-0.2, -0.15) is 0 Å². The molecule has 1 heterocycles. The lowest BCUT2D eigenvalue weighted by Gasteiger charge is -2.07. The first-order chi connectivity index (χ1) is 4.43. The summed E-state index contributed by atoms with van der Waals surface area (Å²) >= 11 is 0. The molecule has 1 aliphatic rings. The summed E-state index contributed by atoms with van der Waals surface area (Å²) in [6.45, 7) is 6.40. The summed E-state index contributed by atoms with van der Waals surface area (Å²) in [4.78, 5) is 0. The predicted octanol–water partition coefficient (Wildman–Crippen LogP) is 0.973. The highest BCUT2D eigenvalue weighted by atomic mass is 35.5. The number of ether oxygens (including phenoxy) is 1. The molecule has 0 aromatic rings. The minimum atomic E-state index is 0. The van der Waals surface area contributed by atoms with Gasteiger partial charge in [-0.3, -0.25) is 0 Å². The second kappa shape index (κ2) is 5.71. The van der Waals surface area contributed by atoms with Crippen LogP contribution in [0.2, 0.25) is 0 Å². The molecule has 0 amide bonds. The Morgan fingerprint density at radius 2 is 2.40 bits per heavy atom. The number of hydrogen-bond donors (Lipinski definition) is 1. The highest BCUT2D eigenvalue weighted by Crippen LogP contribution is 1.94. The van der Waals surface area contributed by atoms with Gasteiger partial charge in [0.1, 0.15) is 0 Å². The van der Waals surface area contributed by atoms with Crippen molar-refractivity contribution in [2.24, 2.45) is 0 Å². The van der Waals surface area contributed by atoms with E-state index < -0.39 is 0 Å². The Kier molecular flexibility index (Phi) is 5.69. The van der Waals surface area contributed by atoms with Crippen molar-refractivity contribution in [2.75, 3.05) is 19.8 Å². The van der Waals surface area contributed by atoms with Gasteiger partial charge in [-0.05, 0) is 13.0 Å². The smallest absolute Gasteiger partial charge is 0.0655 e. The van der Waals surface area contributed by atoms with Crippen LogP contribution in [0, 0.1) is 0 Å². The summed E-state index contributed by atoms with van der Waals surface area (Å²) < 4.78 is 5.26. The number of nitrogens with one attached hydrogen (secondary N) is 1. The Morgan fingerprint density at radius 3 is 3.10 bits per heavy atom. The number of halogens is 1. The molecule has 10 heavy (non-hydrogen) atoms. The van der Waals surface area contributed by atoms with Gasteiger partial charge in [-0.25, -0.2) is 0 Å². The molecule has 1 aliphatic heterocycles. The molecule has 1 fully saturated rings. The second-order valence-electron chi connectivity index (χ2n) is 2.22. The van der Waals surface area contributed by atoms with E-state index in [1.165, 1.54) is 0 Å². The molecule has 0 unspecified atom stereocenters. The highest BCUT2D eigenvalue weighted by Gasteiger charge is 2.05. The van der Waals surface area contributed by atoms with E-state index in [0.717, 1.165) is 26.2 Å². The SMILES string of the molecule is C=C[C@H]1COCCCN1.Cl. The standard InChI is InChI=1S/C7H13NO.ClH/c1-2-7-6-9-5-3-4-8-7;/h2,7-8H,1,3-6H2;1H/t7-;/m0./s1. The van der Waals surface area contributed by atoms with Crippen molar-refractivity contribution in [3.8, 4) is 0 Å². The van der Waals surface area contributed by atoms with Gasteiger partial charge < -0.3 is 10.1 Å². The van der Waals surface area contributed by atoms with Crippen molar-refractivity contribution >= 4 is 12.4 Å². The first kappa shape index (κ1) is 9.95. The molecule has 1 saturated heterocycles. The average molecular weight is 164 g/mol. The van der Waals surface area contributed by atoms with Crippen molar-refractivity contribution < 1.29 is 4.74 Å². The zero-order valence-corrected chi connectivity index (χ0v) is 6.82. The molecule has 60 valence electrons. The summed E-state index contributed by atoms with van der Waals surface area (Å²) in [5.41, 5.74) is 0. The molecule has 0 aliphatic carbocycles. The molecule has 0 radical (unpaired) electrons. The van der Waals surface area contributed by atoms with Crippen LogP contribution in [0.5, 0.6) is 0 Å². The lowest BCUT2D eigenvalue weighted by atomic mass is 10.3. The van der Waals surface area contributed by atoms with E-state index in [2.05, 4.69) is 11.9 Å². The van der Waals surface area contributed by atoms with E-state index in [-0.39, 0.29) is 12.4 Å². The maximum Gasteiger partial charge on any atom is 0.0655 e. The van der Waals surface area contributed by atoms with Crippen LogP contribution in [0.1, 0.15) is 6.42 Å². The van der Waals surface area contributed by atoms with Crippen LogP contribution in [-0.2, 0) is 4.74 Å². The van der Waals surface area contributed by atoms with Crippen LogP contribution in [0.3, 0.4) is 0 Å². The van der Waals surface area contributed by atoms with Gasteiger partial charge in [0.15, 0.2) is 0 Å². The minimum absolute atomic E-state index is 0. The molecule has 0 spiro atoms. The van der Waals surface area contributed by atoms with Gasteiger partial charge >= 0.3 is 0 Å². The Hall–Kier alpha value is -0.0500. The third-order valence-electron chi connectivity index (χ3n) is 1.45. The Balaban J connectivity index is 0.000000810. The van der Waals surface area contributed by atoms with Gasteiger partial charge in [0.2, 0.25) is 0 Å². The second-order valence-corrected chi connectivity index (χ2v) is 2.22. The van der Waals surface area contributed by atoms with Crippen LogP contribution < -0.4 is 5.32 Å². The van der Waals surface area contributed by atoms with Crippen LogP contribution in [0.4, 0.5) is 0 Å². The van der Waals surface area contributed by atoms with E-state index in [1.807, 2.05) is 6.08 Å². The summed E-state index contributed by atoms with van der Waals surface area (Å²) in [6.07, 6.45) is 3.01. The largest absolute Gasteiger partial charge is 0.379 e. The fourth-order valence-electron chi connectivity index (χ4n) is 0.882.